The molecule has 0 amide bonds. The Kier molecular flexibility index (Phi) is 2.70. The lowest BCUT2D eigenvalue weighted by Gasteiger charge is -1.95. The number of hydrogen-bond acceptors (Lipinski definition) is 3. The molecule has 2 aromatic rings. The normalized spacial score (nSPS) is 10.7. The average Bonchev–Trinajstić information content (AvgIpc) is 2.74. The largest absolute Gasteiger partial charge is 0.459 e. The van der Waals surface area contributed by atoms with Crippen LogP contribution in [0.1, 0.15) is 11.3 Å². The molecule has 0 saturated carbocycles. The summed E-state index contributed by atoms with van der Waals surface area (Å²) in [6, 6.07) is 6.16. The molecule has 2 heterocycles. The molecule has 0 atom stereocenters. The molecule has 74 valence electrons. The van der Waals surface area contributed by atoms with Gasteiger partial charge in [0.1, 0.15) is 11.5 Å². The van der Waals surface area contributed by atoms with Gasteiger partial charge in [-0.05, 0) is 43.1 Å². The predicted octanol–water partition coefficient (Wildman–Crippen LogP) is 3.04. The molecule has 2 aromatic heterocycles. The molecule has 0 aliphatic heterocycles. The summed E-state index contributed by atoms with van der Waals surface area (Å²) >= 11 is 1.72. The fourth-order valence-electron chi connectivity index (χ4n) is 1.39. The SMILES string of the molecule is CNCc1ccc(-c2sccc2C)o1. The van der Waals surface area contributed by atoms with E-state index in [4.69, 9.17) is 4.42 Å². The average molecular weight is 207 g/mol. The van der Waals surface area contributed by atoms with E-state index in [0.29, 0.717) is 0 Å². The van der Waals surface area contributed by atoms with E-state index in [1.807, 2.05) is 19.2 Å². The molecule has 0 aromatic carbocycles. The minimum atomic E-state index is 0.782. The summed E-state index contributed by atoms with van der Waals surface area (Å²) in [4.78, 5) is 1.23. The molecule has 1 N–H and O–H groups in total. The Labute approximate surface area is 87.6 Å². The van der Waals surface area contributed by atoms with Crippen molar-refractivity contribution in [2.45, 2.75) is 13.5 Å². The van der Waals surface area contributed by atoms with Crippen molar-refractivity contribution in [3.63, 3.8) is 0 Å². The zero-order chi connectivity index (χ0) is 9.97. The van der Waals surface area contributed by atoms with Crippen LogP contribution in [-0.2, 0) is 6.54 Å². The fraction of sp³-hybridized carbons (Fsp3) is 0.273. The first-order valence-electron chi connectivity index (χ1n) is 4.59. The van der Waals surface area contributed by atoms with Gasteiger partial charge in [-0.25, -0.2) is 0 Å². The standard InChI is InChI=1S/C11H13NOS/c1-8-5-6-14-11(8)10-4-3-9(13-10)7-12-2/h3-6,12H,7H2,1-2H3. The third kappa shape index (κ3) is 1.74. The highest BCUT2D eigenvalue weighted by Crippen LogP contribution is 2.30. The van der Waals surface area contributed by atoms with Crippen LogP contribution in [-0.4, -0.2) is 7.05 Å². The second-order valence-electron chi connectivity index (χ2n) is 3.23. The Balaban J connectivity index is 2.29. The zero-order valence-electron chi connectivity index (χ0n) is 8.33. The molecule has 2 nitrogen and oxygen atoms in total. The quantitative estimate of drug-likeness (QED) is 0.837. The maximum absolute atomic E-state index is 5.70. The molecule has 0 unspecified atom stereocenters. The molecule has 0 radical (unpaired) electrons. The van der Waals surface area contributed by atoms with Crippen molar-refractivity contribution < 1.29 is 4.42 Å². The van der Waals surface area contributed by atoms with E-state index in [9.17, 15) is 0 Å². The molecule has 0 saturated heterocycles. The summed E-state index contributed by atoms with van der Waals surface area (Å²) in [5.74, 6) is 1.96. The Morgan fingerprint density at radius 2 is 2.21 bits per heavy atom. The van der Waals surface area contributed by atoms with Gasteiger partial charge in [0.05, 0.1) is 11.4 Å². The Bertz CT molecular complexity index is 416. The Morgan fingerprint density at radius 1 is 1.36 bits per heavy atom. The summed E-state index contributed by atoms with van der Waals surface area (Å²) in [5, 5.41) is 5.16. The first-order chi connectivity index (χ1) is 6.81. The van der Waals surface area contributed by atoms with E-state index in [-0.39, 0.29) is 0 Å². The second-order valence-corrected chi connectivity index (χ2v) is 4.15. The van der Waals surface area contributed by atoms with Crippen molar-refractivity contribution >= 4 is 11.3 Å². The number of thiophene rings is 1. The smallest absolute Gasteiger partial charge is 0.144 e. The molecule has 0 spiro atoms. The topological polar surface area (TPSA) is 25.2 Å². The summed E-state index contributed by atoms with van der Waals surface area (Å²) in [5.41, 5.74) is 1.28. The fourth-order valence-corrected chi connectivity index (χ4v) is 2.28. The third-order valence-electron chi connectivity index (χ3n) is 2.10. The Morgan fingerprint density at radius 3 is 2.86 bits per heavy atom. The molecule has 0 aliphatic rings. The maximum atomic E-state index is 5.70. The van der Waals surface area contributed by atoms with Crippen molar-refractivity contribution in [1.29, 1.82) is 0 Å². The minimum Gasteiger partial charge on any atom is -0.459 e. The maximum Gasteiger partial charge on any atom is 0.144 e. The first-order valence-corrected chi connectivity index (χ1v) is 5.47. The van der Waals surface area contributed by atoms with Crippen LogP contribution in [0.4, 0.5) is 0 Å². The van der Waals surface area contributed by atoms with Crippen molar-refractivity contribution in [2.75, 3.05) is 7.05 Å². The molecular formula is C11H13NOS. The van der Waals surface area contributed by atoms with Crippen molar-refractivity contribution in [3.8, 4) is 10.6 Å². The number of nitrogens with one attached hydrogen (secondary N) is 1. The second kappa shape index (κ2) is 3.98. The van der Waals surface area contributed by atoms with Crippen LogP contribution in [0.3, 0.4) is 0 Å². The van der Waals surface area contributed by atoms with Crippen LogP contribution >= 0.6 is 11.3 Å². The van der Waals surface area contributed by atoms with Gasteiger partial charge in [0.25, 0.3) is 0 Å². The van der Waals surface area contributed by atoms with Crippen LogP contribution in [0.25, 0.3) is 10.6 Å². The monoisotopic (exact) mass is 207 g/mol. The summed E-state index contributed by atoms with van der Waals surface area (Å²) in [7, 11) is 1.92. The lowest BCUT2D eigenvalue weighted by Crippen LogP contribution is -2.03. The van der Waals surface area contributed by atoms with E-state index in [1.54, 1.807) is 11.3 Å². The van der Waals surface area contributed by atoms with Crippen LogP contribution < -0.4 is 5.32 Å². The summed E-state index contributed by atoms with van der Waals surface area (Å²) in [6.07, 6.45) is 0. The molecule has 14 heavy (non-hydrogen) atoms. The van der Waals surface area contributed by atoms with Crippen LogP contribution in [0, 0.1) is 6.92 Å². The zero-order valence-corrected chi connectivity index (χ0v) is 9.15. The molecule has 0 aliphatic carbocycles. The molecule has 2 rings (SSSR count). The molecular weight excluding hydrogens is 194 g/mol. The first kappa shape index (κ1) is 9.49. The van der Waals surface area contributed by atoms with Crippen molar-refractivity contribution in [2.24, 2.45) is 0 Å². The molecule has 3 heteroatoms. The number of rotatable bonds is 3. The van der Waals surface area contributed by atoms with Crippen molar-refractivity contribution in [1.82, 2.24) is 5.32 Å². The van der Waals surface area contributed by atoms with Crippen molar-refractivity contribution in [3.05, 3.63) is 34.9 Å². The van der Waals surface area contributed by atoms with Crippen LogP contribution in [0.5, 0.6) is 0 Å². The van der Waals surface area contributed by atoms with E-state index in [1.165, 1.54) is 10.4 Å². The molecule has 0 bridgehead atoms. The van der Waals surface area contributed by atoms with Gasteiger partial charge in [-0.15, -0.1) is 11.3 Å². The molecule has 0 fully saturated rings. The van der Waals surface area contributed by atoms with Gasteiger partial charge in [0.15, 0.2) is 0 Å². The number of furan rings is 1. The highest BCUT2D eigenvalue weighted by molar-refractivity contribution is 7.13. The highest BCUT2D eigenvalue weighted by Gasteiger charge is 2.07. The number of hydrogen-bond donors (Lipinski definition) is 1. The predicted molar refractivity (Wildman–Crippen MR) is 59.5 cm³/mol. The lowest BCUT2D eigenvalue weighted by atomic mass is 10.2. The van der Waals surface area contributed by atoms with E-state index >= 15 is 0 Å². The van der Waals surface area contributed by atoms with Gasteiger partial charge in [-0.2, -0.15) is 0 Å². The minimum absolute atomic E-state index is 0.782. The summed E-state index contributed by atoms with van der Waals surface area (Å²) in [6.45, 7) is 2.89. The number of aryl methyl sites for hydroxylation is 1. The van der Waals surface area contributed by atoms with Crippen LogP contribution in [0.15, 0.2) is 28.0 Å². The van der Waals surface area contributed by atoms with Gasteiger partial charge in [0, 0.05) is 0 Å². The van der Waals surface area contributed by atoms with Gasteiger partial charge < -0.3 is 9.73 Å². The van der Waals surface area contributed by atoms with E-state index in [2.05, 4.69) is 23.7 Å². The van der Waals surface area contributed by atoms with E-state index in [0.717, 1.165) is 18.1 Å². The lowest BCUT2D eigenvalue weighted by molar-refractivity contribution is 0.508. The third-order valence-corrected chi connectivity index (χ3v) is 3.13. The Hall–Kier alpha value is -1.06. The van der Waals surface area contributed by atoms with Gasteiger partial charge in [-0.1, -0.05) is 0 Å². The van der Waals surface area contributed by atoms with Gasteiger partial charge in [-0.3, -0.25) is 0 Å². The van der Waals surface area contributed by atoms with E-state index < -0.39 is 0 Å². The van der Waals surface area contributed by atoms with Crippen LogP contribution in [0.2, 0.25) is 0 Å². The van der Waals surface area contributed by atoms with Gasteiger partial charge >= 0.3 is 0 Å². The summed E-state index contributed by atoms with van der Waals surface area (Å²) < 4.78 is 5.70. The van der Waals surface area contributed by atoms with Gasteiger partial charge in [0.2, 0.25) is 0 Å². The highest BCUT2D eigenvalue weighted by atomic mass is 32.1.